The van der Waals surface area contributed by atoms with Gasteiger partial charge in [0.25, 0.3) is 0 Å². The van der Waals surface area contributed by atoms with E-state index in [2.05, 4.69) is 9.72 Å². The molecule has 0 aliphatic heterocycles. The SMILES string of the molecule is COC(=O)C(N)c1c[nH]c2c(OC)cccc12. The van der Waals surface area contributed by atoms with E-state index in [4.69, 9.17) is 10.5 Å². The molecular formula is C12H14N2O3. The van der Waals surface area contributed by atoms with Crippen LogP contribution >= 0.6 is 0 Å². The van der Waals surface area contributed by atoms with E-state index in [9.17, 15) is 4.79 Å². The molecule has 1 aromatic heterocycles. The van der Waals surface area contributed by atoms with Crippen molar-refractivity contribution in [1.82, 2.24) is 4.98 Å². The predicted molar refractivity (Wildman–Crippen MR) is 63.8 cm³/mol. The minimum Gasteiger partial charge on any atom is -0.495 e. The third kappa shape index (κ3) is 1.85. The molecule has 2 aromatic rings. The van der Waals surface area contributed by atoms with E-state index in [1.807, 2.05) is 18.2 Å². The zero-order chi connectivity index (χ0) is 12.4. The summed E-state index contributed by atoms with van der Waals surface area (Å²) >= 11 is 0. The maximum Gasteiger partial charge on any atom is 0.327 e. The van der Waals surface area contributed by atoms with E-state index >= 15 is 0 Å². The Balaban J connectivity index is 2.53. The van der Waals surface area contributed by atoms with Crippen LogP contribution in [-0.2, 0) is 9.53 Å². The molecular weight excluding hydrogens is 220 g/mol. The van der Waals surface area contributed by atoms with Gasteiger partial charge in [0.05, 0.1) is 19.7 Å². The number of carbonyl (C=O) groups is 1. The van der Waals surface area contributed by atoms with E-state index in [0.29, 0.717) is 11.3 Å². The monoisotopic (exact) mass is 234 g/mol. The van der Waals surface area contributed by atoms with Gasteiger partial charge in [-0.15, -0.1) is 0 Å². The molecule has 2 rings (SSSR count). The average Bonchev–Trinajstić information content (AvgIpc) is 2.80. The van der Waals surface area contributed by atoms with E-state index in [1.54, 1.807) is 13.3 Å². The molecule has 5 nitrogen and oxygen atoms in total. The summed E-state index contributed by atoms with van der Waals surface area (Å²) in [5.41, 5.74) is 7.34. The minimum atomic E-state index is -0.791. The van der Waals surface area contributed by atoms with Gasteiger partial charge in [-0.1, -0.05) is 12.1 Å². The van der Waals surface area contributed by atoms with Crippen LogP contribution in [0.1, 0.15) is 11.6 Å². The quantitative estimate of drug-likeness (QED) is 0.786. The molecule has 17 heavy (non-hydrogen) atoms. The summed E-state index contributed by atoms with van der Waals surface area (Å²) in [6.07, 6.45) is 1.70. The first-order valence-electron chi connectivity index (χ1n) is 5.16. The molecule has 5 heteroatoms. The molecule has 1 aromatic carbocycles. The number of esters is 1. The van der Waals surface area contributed by atoms with Crippen molar-refractivity contribution in [3.8, 4) is 5.75 Å². The number of hydrogen-bond acceptors (Lipinski definition) is 4. The molecule has 0 saturated carbocycles. The Bertz CT molecular complexity index is 548. The molecule has 0 aliphatic rings. The molecule has 0 spiro atoms. The van der Waals surface area contributed by atoms with Gasteiger partial charge >= 0.3 is 5.97 Å². The smallest absolute Gasteiger partial charge is 0.327 e. The third-order valence-corrected chi connectivity index (χ3v) is 2.72. The van der Waals surface area contributed by atoms with Gasteiger partial charge in [0.1, 0.15) is 11.8 Å². The summed E-state index contributed by atoms with van der Waals surface area (Å²) in [7, 11) is 2.91. The molecule has 1 heterocycles. The van der Waals surface area contributed by atoms with E-state index < -0.39 is 12.0 Å². The largest absolute Gasteiger partial charge is 0.495 e. The van der Waals surface area contributed by atoms with Crippen LogP contribution in [0, 0.1) is 0 Å². The lowest BCUT2D eigenvalue weighted by atomic mass is 10.1. The topological polar surface area (TPSA) is 77.3 Å². The minimum absolute atomic E-state index is 0.464. The summed E-state index contributed by atoms with van der Waals surface area (Å²) in [6, 6.07) is 4.78. The van der Waals surface area contributed by atoms with Crippen molar-refractivity contribution in [2.75, 3.05) is 14.2 Å². The summed E-state index contributed by atoms with van der Waals surface area (Å²) in [5.74, 6) is 0.250. The van der Waals surface area contributed by atoms with E-state index in [-0.39, 0.29) is 0 Å². The standard InChI is InChI=1S/C12H14N2O3/c1-16-9-5-3-4-7-8(6-14-11(7)9)10(13)12(15)17-2/h3-6,10,14H,13H2,1-2H3. The molecule has 0 radical (unpaired) electrons. The second-order valence-corrected chi connectivity index (χ2v) is 3.63. The fourth-order valence-corrected chi connectivity index (χ4v) is 1.83. The van der Waals surface area contributed by atoms with Gasteiger partial charge in [-0.25, -0.2) is 0 Å². The lowest BCUT2D eigenvalue weighted by Crippen LogP contribution is -2.22. The van der Waals surface area contributed by atoms with Gasteiger partial charge in [0.2, 0.25) is 0 Å². The number of aromatic amines is 1. The van der Waals surface area contributed by atoms with Crippen LogP contribution in [0.2, 0.25) is 0 Å². The highest BCUT2D eigenvalue weighted by Gasteiger charge is 2.20. The summed E-state index contributed by atoms with van der Waals surface area (Å²) in [6.45, 7) is 0. The highest BCUT2D eigenvalue weighted by atomic mass is 16.5. The van der Waals surface area contributed by atoms with Crippen molar-refractivity contribution < 1.29 is 14.3 Å². The van der Waals surface area contributed by atoms with Crippen LogP contribution < -0.4 is 10.5 Å². The number of nitrogens with two attached hydrogens (primary N) is 1. The van der Waals surface area contributed by atoms with Crippen LogP contribution in [0.25, 0.3) is 10.9 Å². The average molecular weight is 234 g/mol. The van der Waals surface area contributed by atoms with Gasteiger partial charge < -0.3 is 20.2 Å². The highest BCUT2D eigenvalue weighted by molar-refractivity contribution is 5.92. The zero-order valence-corrected chi connectivity index (χ0v) is 9.69. The first-order valence-corrected chi connectivity index (χ1v) is 5.16. The summed E-state index contributed by atoms with van der Waals surface area (Å²) < 4.78 is 9.85. The fraction of sp³-hybridized carbons (Fsp3) is 0.250. The van der Waals surface area contributed by atoms with Crippen molar-refractivity contribution >= 4 is 16.9 Å². The fourth-order valence-electron chi connectivity index (χ4n) is 1.83. The Morgan fingerprint density at radius 3 is 2.82 bits per heavy atom. The van der Waals surface area contributed by atoms with Crippen LogP contribution in [0.5, 0.6) is 5.75 Å². The number of para-hydroxylation sites is 1. The lowest BCUT2D eigenvalue weighted by Gasteiger charge is -2.08. The molecule has 1 atom stereocenters. The molecule has 0 bridgehead atoms. The molecule has 0 amide bonds. The second-order valence-electron chi connectivity index (χ2n) is 3.63. The Hall–Kier alpha value is -2.01. The van der Waals surface area contributed by atoms with Gasteiger partial charge in [-0.2, -0.15) is 0 Å². The summed E-state index contributed by atoms with van der Waals surface area (Å²) in [4.78, 5) is 14.5. The van der Waals surface area contributed by atoms with Crippen molar-refractivity contribution in [2.45, 2.75) is 6.04 Å². The van der Waals surface area contributed by atoms with Gasteiger partial charge in [0.15, 0.2) is 0 Å². The van der Waals surface area contributed by atoms with Crippen LogP contribution in [0.15, 0.2) is 24.4 Å². The number of ether oxygens (including phenoxy) is 2. The predicted octanol–water partition coefficient (Wildman–Crippen LogP) is 1.35. The molecule has 1 unspecified atom stereocenters. The number of methoxy groups -OCH3 is 2. The van der Waals surface area contributed by atoms with Gasteiger partial charge in [-0.05, 0) is 6.07 Å². The molecule has 0 fully saturated rings. The molecule has 90 valence electrons. The van der Waals surface area contributed by atoms with E-state index in [1.165, 1.54) is 7.11 Å². The Labute approximate surface area is 98.5 Å². The van der Waals surface area contributed by atoms with Crippen LogP contribution in [0.4, 0.5) is 0 Å². The molecule has 3 N–H and O–H groups in total. The Kier molecular flexibility index (Phi) is 3.01. The first-order chi connectivity index (χ1) is 8.19. The lowest BCUT2D eigenvalue weighted by molar-refractivity contribution is -0.142. The van der Waals surface area contributed by atoms with Crippen molar-refractivity contribution in [3.05, 3.63) is 30.0 Å². The number of fused-ring (bicyclic) bond motifs is 1. The number of H-pyrrole nitrogens is 1. The number of aromatic nitrogens is 1. The molecule has 0 aliphatic carbocycles. The maximum atomic E-state index is 11.4. The second kappa shape index (κ2) is 4.47. The third-order valence-electron chi connectivity index (χ3n) is 2.72. The summed E-state index contributed by atoms with van der Waals surface area (Å²) in [5, 5.41) is 0.863. The van der Waals surface area contributed by atoms with Crippen molar-refractivity contribution in [3.63, 3.8) is 0 Å². The maximum absolute atomic E-state index is 11.4. The Morgan fingerprint density at radius 2 is 2.18 bits per heavy atom. The van der Waals surface area contributed by atoms with Crippen LogP contribution in [0.3, 0.4) is 0 Å². The van der Waals surface area contributed by atoms with E-state index in [0.717, 1.165) is 10.9 Å². The number of hydrogen-bond donors (Lipinski definition) is 2. The molecule has 0 saturated heterocycles. The first kappa shape index (κ1) is 11.5. The van der Waals surface area contributed by atoms with Crippen molar-refractivity contribution in [2.24, 2.45) is 5.73 Å². The van der Waals surface area contributed by atoms with Crippen molar-refractivity contribution in [1.29, 1.82) is 0 Å². The van der Waals surface area contributed by atoms with Gasteiger partial charge in [-0.3, -0.25) is 4.79 Å². The normalized spacial score (nSPS) is 12.4. The number of benzene rings is 1. The van der Waals surface area contributed by atoms with Gasteiger partial charge in [0, 0.05) is 17.1 Å². The zero-order valence-electron chi connectivity index (χ0n) is 9.69. The number of nitrogens with one attached hydrogen (secondary N) is 1. The number of rotatable bonds is 3. The number of carbonyl (C=O) groups excluding carboxylic acids is 1. The van der Waals surface area contributed by atoms with Crippen LogP contribution in [-0.4, -0.2) is 25.2 Å². The Morgan fingerprint density at radius 1 is 1.41 bits per heavy atom. The highest BCUT2D eigenvalue weighted by Crippen LogP contribution is 2.29.